The summed E-state index contributed by atoms with van der Waals surface area (Å²) < 4.78 is 0. The number of hydrogen-bond acceptors (Lipinski definition) is 2. The lowest BCUT2D eigenvalue weighted by Crippen LogP contribution is -2.52. The predicted octanol–water partition coefficient (Wildman–Crippen LogP) is 2.61. The van der Waals surface area contributed by atoms with Gasteiger partial charge in [-0.3, -0.25) is 4.79 Å². The molecule has 1 amide bonds. The van der Waals surface area contributed by atoms with Gasteiger partial charge in [-0.1, -0.05) is 6.92 Å². The minimum absolute atomic E-state index is 0.148. The fourth-order valence-corrected chi connectivity index (χ4v) is 3.06. The topological polar surface area (TPSA) is 48.1 Å². The van der Waals surface area contributed by atoms with Gasteiger partial charge in [0.1, 0.15) is 0 Å². The maximum Gasteiger partial charge on any atom is 0.253 e. The van der Waals surface area contributed by atoms with E-state index in [1.165, 1.54) is 11.3 Å². The zero-order valence-corrected chi connectivity index (χ0v) is 13.0. The van der Waals surface area contributed by atoms with Crippen molar-refractivity contribution in [3.63, 3.8) is 0 Å². The molecule has 2 N–H and O–H groups in total. The van der Waals surface area contributed by atoms with Crippen molar-refractivity contribution in [1.29, 1.82) is 0 Å². The minimum Gasteiger partial charge on any atom is -0.358 e. The van der Waals surface area contributed by atoms with Crippen molar-refractivity contribution in [2.75, 3.05) is 19.6 Å². The van der Waals surface area contributed by atoms with Crippen LogP contribution >= 0.6 is 0 Å². The highest BCUT2D eigenvalue weighted by molar-refractivity contribution is 5.99. The summed E-state index contributed by atoms with van der Waals surface area (Å²) in [4.78, 5) is 18.0. The SMILES string of the molecule is CCC1CN(C(=O)c2ccc3[nH]c(C)c(C)c3c2)CCN1. The van der Waals surface area contributed by atoms with Crippen molar-refractivity contribution in [2.24, 2.45) is 0 Å². The zero-order chi connectivity index (χ0) is 15.0. The average molecular weight is 285 g/mol. The molecule has 2 aromatic rings. The quantitative estimate of drug-likeness (QED) is 0.891. The van der Waals surface area contributed by atoms with Gasteiger partial charge in [0.2, 0.25) is 0 Å². The number of aryl methyl sites for hydroxylation is 2. The molecular formula is C17H23N3O. The second kappa shape index (κ2) is 5.53. The number of benzene rings is 1. The van der Waals surface area contributed by atoms with Gasteiger partial charge in [0.25, 0.3) is 5.91 Å². The number of fused-ring (bicyclic) bond motifs is 1. The Labute approximate surface area is 125 Å². The van der Waals surface area contributed by atoms with Gasteiger partial charge in [-0.25, -0.2) is 0 Å². The second-order valence-electron chi connectivity index (χ2n) is 5.95. The molecule has 1 unspecified atom stereocenters. The number of aromatic amines is 1. The van der Waals surface area contributed by atoms with Crippen LogP contribution < -0.4 is 5.32 Å². The number of carbonyl (C=O) groups is 1. The van der Waals surface area contributed by atoms with E-state index in [0.717, 1.165) is 42.5 Å². The Balaban J connectivity index is 1.89. The van der Waals surface area contributed by atoms with Crippen molar-refractivity contribution >= 4 is 16.8 Å². The van der Waals surface area contributed by atoms with E-state index in [9.17, 15) is 4.79 Å². The van der Waals surface area contributed by atoms with E-state index in [1.807, 2.05) is 23.1 Å². The van der Waals surface area contributed by atoms with Crippen molar-refractivity contribution in [3.05, 3.63) is 35.0 Å². The van der Waals surface area contributed by atoms with Gasteiger partial charge in [-0.2, -0.15) is 0 Å². The summed E-state index contributed by atoms with van der Waals surface area (Å²) >= 11 is 0. The molecular weight excluding hydrogens is 262 g/mol. The molecule has 3 rings (SSSR count). The second-order valence-corrected chi connectivity index (χ2v) is 5.95. The third-order valence-electron chi connectivity index (χ3n) is 4.59. The van der Waals surface area contributed by atoms with Gasteiger partial charge in [0, 0.05) is 47.8 Å². The summed E-state index contributed by atoms with van der Waals surface area (Å²) in [6.45, 7) is 8.80. The number of rotatable bonds is 2. The third-order valence-corrected chi connectivity index (χ3v) is 4.59. The molecule has 1 saturated heterocycles. The molecule has 0 spiro atoms. The van der Waals surface area contributed by atoms with Crippen molar-refractivity contribution in [3.8, 4) is 0 Å². The van der Waals surface area contributed by atoms with E-state index in [-0.39, 0.29) is 5.91 Å². The first kappa shape index (κ1) is 14.1. The lowest BCUT2D eigenvalue weighted by atomic mass is 10.1. The number of H-pyrrole nitrogens is 1. The highest BCUT2D eigenvalue weighted by atomic mass is 16.2. The summed E-state index contributed by atoms with van der Waals surface area (Å²) in [5.41, 5.74) is 4.30. The lowest BCUT2D eigenvalue weighted by molar-refractivity contribution is 0.0702. The Morgan fingerprint density at radius 1 is 1.38 bits per heavy atom. The number of carbonyl (C=O) groups excluding carboxylic acids is 1. The third kappa shape index (κ3) is 2.56. The van der Waals surface area contributed by atoms with Crippen LogP contribution in [0.5, 0.6) is 0 Å². The maximum absolute atomic E-state index is 12.7. The molecule has 1 fully saturated rings. The van der Waals surface area contributed by atoms with E-state index in [1.54, 1.807) is 0 Å². The monoisotopic (exact) mass is 285 g/mol. The average Bonchev–Trinajstić information content (AvgIpc) is 2.81. The molecule has 1 aromatic heterocycles. The molecule has 2 heterocycles. The van der Waals surface area contributed by atoms with Gasteiger partial charge >= 0.3 is 0 Å². The molecule has 1 aliphatic heterocycles. The first-order chi connectivity index (χ1) is 10.1. The normalized spacial score (nSPS) is 19.2. The van der Waals surface area contributed by atoms with Gasteiger partial charge in [-0.05, 0) is 44.0 Å². The number of nitrogens with one attached hydrogen (secondary N) is 2. The molecule has 21 heavy (non-hydrogen) atoms. The van der Waals surface area contributed by atoms with E-state index < -0.39 is 0 Å². The van der Waals surface area contributed by atoms with Crippen molar-refractivity contribution < 1.29 is 4.79 Å². The summed E-state index contributed by atoms with van der Waals surface area (Å²) in [5, 5.41) is 4.60. The van der Waals surface area contributed by atoms with Crippen LogP contribution in [0.2, 0.25) is 0 Å². The molecule has 4 nitrogen and oxygen atoms in total. The van der Waals surface area contributed by atoms with Crippen LogP contribution in [0.15, 0.2) is 18.2 Å². The first-order valence-corrected chi connectivity index (χ1v) is 7.71. The molecule has 4 heteroatoms. The number of piperazine rings is 1. The molecule has 1 atom stereocenters. The highest BCUT2D eigenvalue weighted by Gasteiger charge is 2.23. The van der Waals surface area contributed by atoms with E-state index in [0.29, 0.717) is 6.04 Å². The van der Waals surface area contributed by atoms with E-state index in [4.69, 9.17) is 0 Å². The van der Waals surface area contributed by atoms with Gasteiger partial charge in [-0.15, -0.1) is 0 Å². The van der Waals surface area contributed by atoms with Crippen LogP contribution in [0.3, 0.4) is 0 Å². The van der Waals surface area contributed by atoms with Crippen LogP contribution in [0.1, 0.15) is 35.0 Å². The van der Waals surface area contributed by atoms with E-state index >= 15 is 0 Å². The number of amides is 1. The molecule has 1 aliphatic rings. The highest BCUT2D eigenvalue weighted by Crippen LogP contribution is 2.23. The molecule has 112 valence electrons. The summed E-state index contributed by atoms with van der Waals surface area (Å²) in [7, 11) is 0. The van der Waals surface area contributed by atoms with Crippen LogP contribution in [0.4, 0.5) is 0 Å². The van der Waals surface area contributed by atoms with Crippen LogP contribution in [-0.2, 0) is 0 Å². The zero-order valence-electron chi connectivity index (χ0n) is 13.0. The number of aromatic nitrogens is 1. The summed E-state index contributed by atoms with van der Waals surface area (Å²) in [5.74, 6) is 0.148. The largest absolute Gasteiger partial charge is 0.358 e. The summed E-state index contributed by atoms with van der Waals surface area (Å²) in [6, 6.07) is 6.40. The Morgan fingerprint density at radius 2 is 2.19 bits per heavy atom. The summed E-state index contributed by atoms with van der Waals surface area (Å²) in [6.07, 6.45) is 1.05. The van der Waals surface area contributed by atoms with Gasteiger partial charge in [0.15, 0.2) is 0 Å². The minimum atomic E-state index is 0.148. The lowest BCUT2D eigenvalue weighted by Gasteiger charge is -2.33. The molecule has 0 radical (unpaired) electrons. The van der Waals surface area contributed by atoms with Crippen molar-refractivity contribution in [1.82, 2.24) is 15.2 Å². The maximum atomic E-state index is 12.7. The fraction of sp³-hybridized carbons (Fsp3) is 0.471. The van der Waals surface area contributed by atoms with E-state index in [2.05, 4.69) is 31.1 Å². The molecule has 1 aromatic carbocycles. The fourth-order valence-electron chi connectivity index (χ4n) is 3.06. The van der Waals surface area contributed by atoms with Crippen LogP contribution in [0, 0.1) is 13.8 Å². The molecule has 0 bridgehead atoms. The smallest absolute Gasteiger partial charge is 0.253 e. The number of nitrogens with zero attached hydrogens (tertiary/aromatic N) is 1. The van der Waals surface area contributed by atoms with Gasteiger partial charge in [0.05, 0.1) is 0 Å². The Kier molecular flexibility index (Phi) is 3.72. The van der Waals surface area contributed by atoms with Crippen LogP contribution in [0.25, 0.3) is 10.9 Å². The Morgan fingerprint density at radius 3 is 2.95 bits per heavy atom. The molecule has 0 aliphatic carbocycles. The Bertz CT molecular complexity index is 674. The van der Waals surface area contributed by atoms with Crippen molar-refractivity contribution in [2.45, 2.75) is 33.2 Å². The predicted molar refractivity (Wildman–Crippen MR) is 85.8 cm³/mol. The Hall–Kier alpha value is -1.81. The molecule has 0 saturated carbocycles. The standard InChI is InChI=1S/C17H23N3O/c1-4-14-10-20(8-7-18-14)17(21)13-5-6-16-15(9-13)11(2)12(3)19-16/h5-6,9,14,18-19H,4,7-8,10H2,1-3H3. The number of hydrogen-bond donors (Lipinski definition) is 2. The first-order valence-electron chi connectivity index (χ1n) is 7.71. The van der Waals surface area contributed by atoms with Gasteiger partial charge < -0.3 is 15.2 Å². The van der Waals surface area contributed by atoms with Crippen LogP contribution in [-0.4, -0.2) is 41.5 Å².